The Balaban J connectivity index is 2.54. The van der Waals surface area contributed by atoms with Crippen molar-refractivity contribution in [2.24, 2.45) is 11.8 Å². The average molecular weight is 235 g/mol. The number of nitrogens with one attached hydrogen (secondary N) is 1. The zero-order valence-corrected chi connectivity index (χ0v) is 10.3. The smallest absolute Gasteiger partial charge is 0.214 e. The van der Waals surface area contributed by atoms with Gasteiger partial charge in [0.1, 0.15) is 0 Å². The molecule has 0 aliphatic heterocycles. The zero-order chi connectivity index (χ0) is 11.5. The van der Waals surface area contributed by atoms with Gasteiger partial charge in [-0.15, -0.1) is 0 Å². The molecule has 4 nitrogen and oxygen atoms in total. The molecule has 0 aromatic heterocycles. The maximum atomic E-state index is 11.5. The van der Waals surface area contributed by atoms with E-state index >= 15 is 0 Å². The molecule has 1 rings (SSSR count). The van der Waals surface area contributed by atoms with E-state index in [2.05, 4.69) is 18.6 Å². The van der Waals surface area contributed by atoms with Crippen LogP contribution in [-0.4, -0.2) is 31.9 Å². The molecule has 0 saturated heterocycles. The molecule has 3 atom stereocenters. The highest BCUT2D eigenvalue weighted by molar-refractivity contribution is 7.89. The number of sulfonamides is 1. The van der Waals surface area contributed by atoms with Gasteiger partial charge in [0.25, 0.3) is 0 Å². The molecule has 0 radical (unpaired) electrons. The first-order valence-corrected chi connectivity index (χ1v) is 7.26. The van der Waals surface area contributed by atoms with Crippen molar-refractivity contribution in [3.8, 4) is 0 Å². The lowest BCUT2D eigenvalue weighted by Crippen LogP contribution is -2.39. The van der Waals surface area contributed by atoms with E-state index in [1.807, 2.05) is 0 Å². The first-order valence-electron chi connectivity index (χ1n) is 5.61. The Bertz CT molecular complexity index is 289. The van der Waals surface area contributed by atoms with Gasteiger partial charge in [-0.3, -0.25) is 0 Å². The predicted octanol–water partition coefficient (Wildman–Crippen LogP) is 0.723. The zero-order valence-electron chi connectivity index (χ0n) is 9.44. The van der Waals surface area contributed by atoms with E-state index in [1.165, 1.54) is 0 Å². The maximum absolute atomic E-state index is 11.5. The first-order chi connectivity index (χ1) is 7.00. The number of aliphatic hydroxyl groups is 1. The minimum absolute atomic E-state index is 0.0616. The number of hydrogen-bond acceptors (Lipinski definition) is 3. The minimum Gasteiger partial charge on any atom is -0.395 e. The monoisotopic (exact) mass is 235 g/mol. The van der Waals surface area contributed by atoms with Gasteiger partial charge in [-0.1, -0.05) is 20.3 Å². The van der Waals surface area contributed by atoms with Crippen LogP contribution in [0.3, 0.4) is 0 Å². The van der Waals surface area contributed by atoms with E-state index in [9.17, 15) is 8.42 Å². The Morgan fingerprint density at radius 2 is 2.07 bits per heavy atom. The Hall–Kier alpha value is -0.130. The van der Waals surface area contributed by atoms with Crippen molar-refractivity contribution in [3.63, 3.8) is 0 Å². The molecule has 1 aliphatic carbocycles. The van der Waals surface area contributed by atoms with Crippen molar-refractivity contribution in [1.82, 2.24) is 4.72 Å². The van der Waals surface area contributed by atoms with Crippen molar-refractivity contribution in [3.05, 3.63) is 0 Å². The summed E-state index contributed by atoms with van der Waals surface area (Å²) in [6, 6.07) is 0.0616. The standard InChI is InChI=1S/C10H21NO3S/c1-3-9-4-5-10(8(9)2)11-15(13,14)7-6-12/h8-12H,3-7H2,1-2H3. The van der Waals surface area contributed by atoms with Crippen LogP contribution in [0.4, 0.5) is 0 Å². The van der Waals surface area contributed by atoms with Gasteiger partial charge in [0.05, 0.1) is 12.4 Å². The van der Waals surface area contributed by atoms with Crippen molar-refractivity contribution in [1.29, 1.82) is 0 Å². The molecular weight excluding hydrogens is 214 g/mol. The molecule has 90 valence electrons. The molecular formula is C10H21NO3S. The predicted molar refractivity (Wildman–Crippen MR) is 60.0 cm³/mol. The summed E-state index contributed by atoms with van der Waals surface area (Å²) >= 11 is 0. The second-order valence-corrected chi connectivity index (χ2v) is 6.25. The topological polar surface area (TPSA) is 66.4 Å². The number of aliphatic hydroxyl groups excluding tert-OH is 1. The summed E-state index contributed by atoms with van der Waals surface area (Å²) in [4.78, 5) is 0. The molecule has 0 aromatic rings. The second kappa shape index (κ2) is 5.27. The van der Waals surface area contributed by atoms with Crippen molar-refractivity contribution < 1.29 is 13.5 Å². The second-order valence-electron chi connectivity index (χ2n) is 4.37. The molecule has 0 bridgehead atoms. The van der Waals surface area contributed by atoms with Crippen LogP contribution in [-0.2, 0) is 10.0 Å². The summed E-state index contributed by atoms with van der Waals surface area (Å²) in [6.45, 7) is 3.94. The maximum Gasteiger partial charge on any atom is 0.214 e. The molecule has 3 unspecified atom stereocenters. The number of hydrogen-bond donors (Lipinski definition) is 2. The third kappa shape index (κ3) is 3.43. The van der Waals surface area contributed by atoms with Crippen LogP contribution < -0.4 is 4.72 Å². The van der Waals surface area contributed by atoms with Gasteiger partial charge in [-0.05, 0) is 24.7 Å². The van der Waals surface area contributed by atoms with E-state index in [-0.39, 0.29) is 18.4 Å². The quantitative estimate of drug-likeness (QED) is 0.738. The van der Waals surface area contributed by atoms with E-state index in [4.69, 9.17) is 5.11 Å². The summed E-state index contributed by atoms with van der Waals surface area (Å²) in [6.07, 6.45) is 3.13. The Morgan fingerprint density at radius 3 is 2.53 bits per heavy atom. The highest BCUT2D eigenvalue weighted by Gasteiger charge is 2.33. The van der Waals surface area contributed by atoms with Gasteiger partial charge in [-0.25, -0.2) is 13.1 Å². The van der Waals surface area contributed by atoms with Crippen LogP contribution in [0.25, 0.3) is 0 Å². The largest absolute Gasteiger partial charge is 0.395 e. The van der Waals surface area contributed by atoms with E-state index < -0.39 is 10.0 Å². The Morgan fingerprint density at radius 1 is 1.40 bits per heavy atom. The highest BCUT2D eigenvalue weighted by atomic mass is 32.2. The van der Waals surface area contributed by atoms with Crippen LogP contribution in [0, 0.1) is 11.8 Å². The fourth-order valence-corrected chi connectivity index (χ4v) is 3.55. The summed E-state index contributed by atoms with van der Waals surface area (Å²) in [5.74, 6) is 0.850. The van der Waals surface area contributed by atoms with Gasteiger partial charge in [-0.2, -0.15) is 0 Å². The lowest BCUT2D eigenvalue weighted by atomic mass is 9.94. The summed E-state index contributed by atoms with van der Waals surface area (Å²) < 4.78 is 25.6. The van der Waals surface area contributed by atoms with Crippen LogP contribution in [0.15, 0.2) is 0 Å². The average Bonchev–Trinajstić information content (AvgIpc) is 2.47. The SMILES string of the molecule is CCC1CCC(NS(=O)(=O)CCO)C1C. The molecule has 1 aliphatic rings. The van der Waals surface area contributed by atoms with E-state index in [0.717, 1.165) is 19.3 Å². The highest BCUT2D eigenvalue weighted by Crippen LogP contribution is 2.34. The molecule has 0 heterocycles. The van der Waals surface area contributed by atoms with Crippen molar-refractivity contribution >= 4 is 10.0 Å². The lowest BCUT2D eigenvalue weighted by molar-refractivity contribution is 0.317. The lowest BCUT2D eigenvalue weighted by Gasteiger charge is -2.20. The first kappa shape index (κ1) is 12.9. The number of rotatable bonds is 5. The summed E-state index contributed by atoms with van der Waals surface area (Å²) in [5, 5.41) is 8.62. The fraction of sp³-hybridized carbons (Fsp3) is 1.00. The molecule has 0 spiro atoms. The molecule has 5 heteroatoms. The Kier molecular flexibility index (Phi) is 4.55. The Labute approximate surface area is 92.1 Å². The molecule has 2 N–H and O–H groups in total. The van der Waals surface area contributed by atoms with Gasteiger partial charge >= 0.3 is 0 Å². The van der Waals surface area contributed by atoms with E-state index in [0.29, 0.717) is 11.8 Å². The fourth-order valence-electron chi connectivity index (χ4n) is 2.40. The van der Waals surface area contributed by atoms with Crippen molar-refractivity contribution in [2.45, 2.75) is 39.2 Å². The van der Waals surface area contributed by atoms with Gasteiger partial charge in [0.15, 0.2) is 0 Å². The molecule has 15 heavy (non-hydrogen) atoms. The van der Waals surface area contributed by atoms with Crippen LogP contribution in [0.1, 0.15) is 33.1 Å². The molecule has 1 saturated carbocycles. The third-order valence-electron chi connectivity index (χ3n) is 3.44. The summed E-state index contributed by atoms with van der Waals surface area (Å²) in [5.41, 5.74) is 0. The third-order valence-corrected chi connectivity index (χ3v) is 4.82. The van der Waals surface area contributed by atoms with Gasteiger partial charge in [0, 0.05) is 6.04 Å². The molecule has 1 fully saturated rings. The van der Waals surface area contributed by atoms with Gasteiger partial charge < -0.3 is 5.11 Å². The molecule has 0 aromatic carbocycles. The van der Waals surface area contributed by atoms with Crippen LogP contribution in [0.2, 0.25) is 0 Å². The minimum atomic E-state index is -3.28. The van der Waals surface area contributed by atoms with Crippen molar-refractivity contribution in [2.75, 3.05) is 12.4 Å². The van der Waals surface area contributed by atoms with E-state index in [1.54, 1.807) is 0 Å². The van der Waals surface area contributed by atoms with Gasteiger partial charge in [0.2, 0.25) is 10.0 Å². The van der Waals surface area contributed by atoms with Crippen LogP contribution >= 0.6 is 0 Å². The normalized spacial score (nSPS) is 32.1. The van der Waals surface area contributed by atoms with Crippen LogP contribution in [0.5, 0.6) is 0 Å². The summed E-state index contributed by atoms with van der Waals surface area (Å²) in [7, 11) is -3.28. The molecule has 0 amide bonds.